The molecule has 0 saturated carbocycles. The van der Waals surface area contributed by atoms with Crippen LogP contribution in [-0.4, -0.2) is 52.3 Å². The maximum absolute atomic E-state index is 13.1. The SMILES string of the molecule is CCC(=O)N1C[C@@H]2C[C@H]1[C@H]1C(=O)N(c3ccc(C#N)c(Cl)c3C)C(=O)N21. The minimum atomic E-state index is -0.634. The highest BCUT2D eigenvalue weighted by Gasteiger charge is 2.62. The molecule has 3 aliphatic rings. The molecule has 3 atom stereocenters. The largest absolute Gasteiger partial charge is 0.335 e. The van der Waals surface area contributed by atoms with Gasteiger partial charge in [0.05, 0.1) is 28.4 Å². The Balaban J connectivity index is 1.72. The molecular formula is C18H17ClN4O3. The number of hydrogen-bond acceptors (Lipinski definition) is 4. The zero-order valence-electron chi connectivity index (χ0n) is 14.4. The molecule has 0 N–H and O–H groups in total. The number of nitriles is 1. The second kappa shape index (κ2) is 5.71. The number of carbonyl (C=O) groups excluding carboxylic acids is 3. The number of likely N-dealkylation sites (tertiary alicyclic amines) is 1. The summed E-state index contributed by atoms with van der Waals surface area (Å²) in [6.45, 7) is 3.96. The summed E-state index contributed by atoms with van der Waals surface area (Å²) in [5, 5.41) is 9.33. The van der Waals surface area contributed by atoms with Crippen molar-refractivity contribution in [2.24, 2.45) is 0 Å². The lowest BCUT2D eigenvalue weighted by Gasteiger charge is -2.34. The van der Waals surface area contributed by atoms with E-state index >= 15 is 0 Å². The van der Waals surface area contributed by atoms with Crippen molar-refractivity contribution in [2.75, 3.05) is 11.4 Å². The van der Waals surface area contributed by atoms with Crippen molar-refractivity contribution in [3.05, 3.63) is 28.3 Å². The highest BCUT2D eigenvalue weighted by Crippen LogP contribution is 2.43. The number of fused-ring (bicyclic) bond motifs is 5. The molecule has 3 aliphatic heterocycles. The summed E-state index contributed by atoms with van der Waals surface area (Å²) in [7, 11) is 0. The van der Waals surface area contributed by atoms with Gasteiger partial charge in [0.15, 0.2) is 0 Å². The molecule has 0 aromatic heterocycles. The Bertz CT molecular complexity index is 893. The van der Waals surface area contributed by atoms with Crippen molar-refractivity contribution in [2.45, 2.75) is 44.8 Å². The van der Waals surface area contributed by atoms with Crippen LogP contribution in [0, 0.1) is 18.3 Å². The lowest BCUT2D eigenvalue weighted by molar-refractivity contribution is -0.135. The number of urea groups is 1. The summed E-state index contributed by atoms with van der Waals surface area (Å²) >= 11 is 6.21. The van der Waals surface area contributed by atoms with E-state index in [9.17, 15) is 14.4 Å². The average Bonchev–Trinajstić information content (AvgIpc) is 3.29. The number of carbonyl (C=O) groups is 3. The van der Waals surface area contributed by atoms with Gasteiger partial charge in [0.2, 0.25) is 5.91 Å². The molecule has 134 valence electrons. The summed E-state index contributed by atoms with van der Waals surface area (Å²) in [6.07, 6.45) is 1.03. The summed E-state index contributed by atoms with van der Waals surface area (Å²) in [6, 6.07) is 3.68. The van der Waals surface area contributed by atoms with Crippen LogP contribution < -0.4 is 4.90 Å². The van der Waals surface area contributed by atoms with Crippen LogP contribution in [0.25, 0.3) is 0 Å². The van der Waals surface area contributed by atoms with Crippen LogP contribution in [0.5, 0.6) is 0 Å². The van der Waals surface area contributed by atoms with Crippen LogP contribution in [0.3, 0.4) is 0 Å². The molecule has 3 heterocycles. The number of halogens is 1. The molecule has 3 fully saturated rings. The van der Waals surface area contributed by atoms with Gasteiger partial charge in [-0.15, -0.1) is 0 Å². The lowest BCUT2D eigenvalue weighted by atomic mass is 10.1. The third-order valence-electron chi connectivity index (χ3n) is 5.61. The van der Waals surface area contributed by atoms with Gasteiger partial charge in [0.25, 0.3) is 5.91 Å². The summed E-state index contributed by atoms with van der Waals surface area (Å²) in [5.41, 5.74) is 1.21. The Hall–Kier alpha value is -2.59. The number of rotatable bonds is 2. The second-order valence-corrected chi connectivity index (χ2v) is 7.23. The fourth-order valence-electron chi connectivity index (χ4n) is 4.37. The van der Waals surface area contributed by atoms with Crippen LogP contribution in [0.2, 0.25) is 5.02 Å². The fraction of sp³-hybridized carbons (Fsp3) is 0.444. The predicted octanol–water partition coefficient (Wildman–Crippen LogP) is 2.05. The van der Waals surface area contributed by atoms with E-state index < -0.39 is 6.04 Å². The van der Waals surface area contributed by atoms with Gasteiger partial charge in [-0.05, 0) is 31.0 Å². The van der Waals surface area contributed by atoms with Crippen LogP contribution >= 0.6 is 11.6 Å². The highest BCUT2D eigenvalue weighted by molar-refractivity contribution is 6.33. The van der Waals surface area contributed by atoms with E-state index in [-0.39, 0.29) is 35.0 Å². The number of benzene rings is 1. The van der Waals surface area contributed by atoms with E-state index in [2.05, 4.69) is 0 Å². The minimum Gasteiger partial charge on any atom is -0.335 e. The Morgan fingerprint density at radius 3 is 2.77 bits per heavy atom. The third-order valence-corrected chi connectivity index (χ3v) is 6.09. The number of hydrogen-bond donors (Lipinski definition) is 0. The molecule has 0 spiro atoms. The summed E-state index contributed by atoms with van der Waals surface area (Å²) < 4.78 is 0. The van der Waals surface area contributed by atoms with Gasteiger partial charge in [-0.2, -0.15) is 5.26 Å². The van der Waals surface area contributed by atoms with E-state index in [4.69, 9.17) is 16.9 Å². The normalized spacial score (nSPS) is 26.5. The van der Waals surface area contributed by atoms with Gasteiger partial charge < -0.3 is 9.80 Å². The smallest absolute Gasteiger partial charge is 0.332 e. The van der Waals surface area contributed by atoms with Crippen LogP contribution in [-0.2, 0) is 9.59 Å². The van der Waals surface area contributed by atoms with Crippen molar-refractivity contribution in [3.63, 3.8) is 0 Å². The molecular weight excluding hydrogens is 356 g/mol. The third kappa shape index (κ3) is 2.02. The molecule has 1 aromatic rings. The standard InChI is InChI=1S/C18H17ClN4O3/c1-3-14(24)21-8-11-6-13(21)16-17(25)23(18(26)22(11)16)12-5-4-10(7-20)15(19)9(12)2/h4-5,11,13,16H,3,6,8H2,1-2H3/t11-,13-,16-/m0/s1. The van der Waals surface area contributed by atoms with E-state index in [1.807, 2.05) is 6.07 Å². The van der Waals surface area contributed by atoms with E-state index in [1.54, 1.807) is 29.7 Å². The van der Waals surface area contributed by atoms with Gasteiger partial charge in [0, 0.05) is 13.0 Å². The lowest BCUT2D eigenvalue weighted by Crippen LogP contribution is -2.54. The molecule has 0 radical (unpaired) electrons. The number of imide groups is 1. The molecule has 7 nitrogen and oxygen atoms in total. The zero-order valence-corrected chi connectivity index (χ0v) is 15.2. The molecule has 1 aromatic carbocycles. The van der Waals surface area contributed by atoms with E-state index in [0.29, 0.717) is 36.2 Å². The first-order chi connectivity index (χ1) is 12.4. The Morgan fingerprint density at radius 1 is 1.38 bits per heavy atom. The van der Waals surface area contributed by atoms with Crippen LogP contribution in [0.4, 0.5) is 10.5 Å². The maximum atomic E-state index is 13.1. The molecule has 4 rings (SSSR count). The second-order valence-electron chi connectivity index (χ2n) is 6.85. The number of anilines is 1. The minimum absolute atomic E-state index is 0.00782. The highest BCUT2D eigenvalue weighted by atomic mass is 35.5. The van der Waals surface area contributed by atoms with Gasteiger partial charge in [-0.25, -0.2) is 9.69 Å². The van der Waals surface area contributed by atoms with Crippen LogP contribution in [0.15, 0.2) is 12.1 Å². The number of nitrogens with zero attached hydrogens (tertiary/aromatic N) is 4. The summed E-state index contributed by atoms with van der Waals surface area (Å²) in [5.74, 6) is -0.326. The van der Waals surface area contributed by atoms with Crippen molar-refractivity contribution in [1.29, 1.82) is 5.26 Å². The Morgan fingerprint density at radius 2 is 2.12 bits per heavy atom. The monoisotopic (exact) mass is 372 g/mol. The Kier molecular flexibility index (Phi) is 3.70. The quantitative estimate of drug-likeness (QED) is 0.744. The van der Waals surface area contributed by atoms with Gasteiger partial charge >= 0.3 is 6.03 Å². The molecule has 0 unspecified atom stereocenters. The topological polar surface area (TPSA) is 84.7 Å². The van der Waals surface area contributed by atoms with Gasteiger partial charge in [0.1, 0.15) is 12.1 Å². The molecule has 8 heteroatoms. The van der Waals surface area contributed by atoms with Crippen molar-refractivity contribution >= 4 is 35.1 Å². The van der Waals surface area contributed by atoms with Crippen molar-refractivity contribution < 1.29 is 14.4 Å². The van der Waals surface area contributed by atoms with Crippen molar-refractivity contribution in [1.82, 2.24) is 9.80 Å². The first-order valence-electron chi connectivity index (χ1n) is 8.55. The molecule has 3 saturated heterocycles. The zero-order chi connectivity index (χ0) is 18.7. The molecule has 4 amide bonds. The number of piperazine rings is 1. The molecule has 0 aliphatic carbocycles. The number of amides is 4. The van der Waals surface area contributed by atoms with E-state index in [0.717, 1.165) is 4.90 Å². The van der Waals surface area contributed by atoms with Crippen molar-refractivity contribution in [3.8, 4) is 6.07 Å². The van der Waals surface area contributed by atoms with E-state index in [1.165, 1.54) is 6.07 Å². The first-order valence-corrected chi connectivity index (χ1v) is 8.93. The first kappa shape index (κ1) is 16.9. The van der Waals surface area contributed by atoms with Gasteiger partial charge in [-0.3, -0.25) is 9.59 Å². The average molecular weight is 373 g/mol. The predicted molar refractivity (Wildman–Crippen MR) is 93.6 cm³/mol. The maximum Gasteiger partial charge on any atom is 0.332 e. The fourth-order valence-corrected chi connectivity index (χ4v) is 4.57. The van der Waals surface area contributed by atoms with Gasteiger partial charge in [-0.1, -0.05) is 18.5 Å². The Labute approximate surface area is 155 Å². The van der Waals surface area contributed by atoms with Crippen LogP contribution in [0.1, 0.15) is 30.9 Å². The summed E-state index contributed by atoms with van der Waals surface area (Å²) in [4.78, 5) is 42.7. The molecule has 2 bridgehead atoms. The molecule has 26 heavy (non-hydrogen) atoms.